The van der Waals surface area contributed by atoms with Gasteiger partial charge in [-0.2, -0.15) is 0 Å². The van der Waals surface area contributed by atoms with E-state index in [1.165, 1.54) is 0 Å². The normalized spacial score (nSPS) is 10.5. The van der Waals surface area contributed by atoms with Gasteiger partial charge >= 0.3 is 0 Å². The summed E-state index contributed by atoms with van der Waals surface area (Å²) < 4.78 is 5.38. The molecule has 0 aliphatic heterocycles. The molecule has 78 valence electrons. The number of aromatic amines is 1. The molecule has 0 saturated carbocycles. The first-order valence-electron chi connectivity index (χ1n) is 5.08. The molecule has 3 rings (SSSR count). The fourth-order valence-electron chi connectivity index (χ4n) is 1.73. The highest BCUT2D eigenvalue weighted by atomic mass is 16.3. The van der Waals surface area contributed by atoms with Crippen LogP contribution in [0.25, 0.3) is 22.7 Å². The molecule has 0 aromatic carbocycles. The van der Waals surface area contributed by atoms with Crippen LogP contribution in [0, 0.1) is 0 Å². The lowest BCUT2D eigenvalue weighted by Gasteiger charge is -2.03. The summed E-state index contributed by atoms with van der Waals surface area (Å²) in [6.07, 6.45) is 5.32. The zero-order valence-electron chi connectivity index (χ0n) is 8.55. The van der Waals surface area contributed by atoms with Crippen LogP contribution in [0.1, 0.15) is 0 Å². The van der Waals surface area contributed by atoms with Gasteiger partial charge in [-0.3, -0.25) is 4.98 Å². The second-order valence-electron chi connectivity index (χ2n) is 3.46. The number of hydrogen-bond acceptors (Lipinski definition) is 2. The average molecular weight is 210 g/mol. The van der Waals surface area contributed by atoms with Gasteiger partial charge in [0.1, 0.15) is 5.69 Å². The predicted molar refractivity (Wildman–Crippen MR) is 61.7 cm³/mol. The zero-order chi connectivity index (χ0) is 10.8. The van der Waals surface area contributed by atoms with Gasteiger partial charge in [0.15, 0.2) is 5.76 Å². The van der Waals surface area contributed by atoms with E-state index in [1.807, 2.05) is 42.6 Å². The summed E-state index contributed by atoms with van der Waals surface area (Å²) in [7, 11) is 0. The van der Waals surface area contributed by atoms with E-state index in [2.05, 4.69) is 9.97 Å². The van der Waals surface area contributed by atoms with Crippen LogP contribution in [0.3, 0.4) is 0 Å². The summed E-state index contributed by atoms with van der Waals surface area (Å²) in [5.74, 6) is 0.783. The Bertz CT molecular complexity index is 515. The number of aromatic nitrogens is 2. The Labute approximate surface area is 92.8 Å². The summed E-state index contributed by atoms with van der Waals surface area (Å²) in [6, 6.07) is 11.7. The van der Waals surface area contributed by atoms with Gasteiger partial charge in [-0.05, 0) is 36.4 Å². The Morgan fingerprint density at radius 1 is 1.06 bits per heavy atom. The molecule has 3 aromatic rings. The van der Waals surface area contributed by atoms with Crippen LogP contribution in [0.2, 0.25) is 0 Å². The van der Waals surface area contributed by atoms with Gasteiger partial charge in [-0.1, -0.05) is 0 Å². The molecular formula is C13H10N2O. The molecule has 3 aromatic heterocycles. The van der Waals surface area contributed by atoms with Crippen LogP contribution in [0.15, 0.2) is 59.5 Å². The third kappa shape index (κ3) is 1.42. The molecule has 0 fully saturated rings. The molecule has 1 N–H and O–H groups in total. The maximum atomic E-state index is 5.38. The van der Waals surface area contributed by atoms with Gasteiger partial charge < -0.3 is 9.40 Å². The molecule has 0 bridgehead atoms. The SMILES string of the molecule is c1c[nH]c(-c2cccnc2-c2ccco2)c1. The molecule has 0 atom stereocenters. The summed E-state index contributed by atoms with van der Waals surface area (Å²) in [4.78, 5) is 7.54. The summed E-state index contributed by atoms with van der Waals surface area (Å²) >= 11 is 0. The molecule has 3 nitrogen and oxygen atoms in total. The Morgan fingerprint density at radius 2 is 2.06 bits per heavy atom. The van der Waals surface area contributed by atoms with Gasteiger partial charge in [0.2, 0.25) is 0 Å². The number of hydrogen-bond donors (Lipinski definition) is 1. The first-order valence-corrected chi connectivity index (χ1v) is 5.08. The van der Waals surface area contributed by atoms with Crippen molar-refractivity contribution in [1.29, 1.82) is 0 Å². The quantitative estimate of drug-likeness (QED) is 0.704. The number of rotatable bonds is 2. The third-order valence-corrected chi connectivity index (χ3v) is 2.45. The standard InChI is InChI=1S/C13H10N2O/c1-4-10(11-5-2-7-14-11)13(15-8-1)12-6-3-9-16-12/h1-9,14H. The Hall–Kier alpha value is -2.29. The topological polar surface area (TPSA) is 41.8 Å². The fraction of sp³-hybridized carbons (Fsp3) is 0. The number of nitrogens with zero attached hydrogens (tertiary/aromatic N) is 1. The predicted octanol–water partition coefficient (Wildman–Crippen LogP) is 3.34. The Morgan fingerprint density at radius 3 is 2.81 bits per heavy atom. The van der Waals surface area contributed by atoms with E-state index in [-0.39, 0.29) is 0 Å². The molecular weight excluding hydrogens is 200 g/mol. The lowest BCUT2D eigenvalue weighted by atomic mass is 10.1. The molecule has 0 radical (unpaired) electrons. The second kappa shape index (κ2) is 3.70. The van der Waals surface area contributed by atoms with Crippen LogP contribution in [-0.4, -0.2) is 9.97 Å². The van der Waals surface area contributed by atoms with Gasteiger partial charge in [0.25, 0.3) is 0 Å². The van der Waals surface area contributed by atoms with Crippen LogP contribution in [0.5, 0.6) is 0 Å². The number of H-pyrrole nitrogens is 1. The van der Waals surface area contributed by atoms with Crippen molar-refractivity contribution in [2.75, 3.05) is 0 Å². The van der Waals surface area contributed by atoms with Crippen LogP contribution in [0.4, 0.5) is 0 Å². The van der Waals surface area contributed by atoms with E-state index >= 15 is 0 Å². The van der Waals surface area contributed by atoms with Gasteiger partial charge in [-0.25, -0.2) is 0 Å². The molecule has 3 heterocycles. The minimum atomic E-state index is 0.783. The van der Waals surface area contributed by atoms with E-state index in [1.54, 1.807) is 12.5 Å². The van der Waals surface area contributed by atoms with Crippen molar-refractivity contribution in [3.63, 3.8) is 0 Å². The van der Waals surface area contributed by atoms with Crippen molar-refractivity contribution in [3.05, 3.63) is 55.1 Å². The maximum absolute atomic E-state index is 5.38. The number of nitrogens with one attached hydrogen (secondary N) is 1. The average Bonchev–Trinajstić information content (AvgIpc) is 3.03. The molecule has 0 saturated heterocycles. The van der Waals surface area contributed by atoms with E-state index in [9.17, 15) is 0 Å². The Kier molecular flexibility index (Phi) is 2.07. The van der Waals surface area contributed by atoms with Crippen molar-refractivity contribution < 1.29 is 4.42 Å². The minimum Gasteiger partial charge on any atom is -0.463 e. The third-order valence-electron chi connectivity index (χ3n) is 2.45. The van der Waals surface area contributed by atoms with Gasteiger partial charge in [0, 0.05) is 23.7 Å². The van der Waals surface area contributed by atoms with Crippen LogP contribution in [-0.2, 0) is 0 Å². The summed E-state index contributed by atoms with van der Waals surface area (Å²) in [5.41, 5.74) is 2.94. The first kappa shape index (κ1) is 8.97. The van der Waals surface area contributed by atoms with Crippen molar-refractivity contribution in [1.82, 2.24) is 9.97 Å². The van der Waals surface area contributed by atoms with Crippen molar-refractivity contribution in [2.24, 2.45) is 0 Å². The molecule has 16 heavy (non-hydrogen) atoms. The van der Waals surface area contributed by atoms with Crippen LogP contribution < -0.4 is 0 Å². The first-order chi connectivity index (χ1) is 7.95. The summed E-state index contributed by atoms with van der Waals surface area (Å²) in [5, 5.41) is 0. The van der Waals surface area contributed by atoms with Crippen molar-refractivity contribution in [2.45, 2.75) is 0 Å². The molecule has 3 heteroatoms. The van der Waals surface area contributed by atoms with Crippen LogP contribution >= 0.6 is 0 Å². The lowest BCUT2D eigenvalue weighted by Crippen LogP contribution is -1.86. The lowest BCUT2D eigenvalue weighted by molar-refractivity contribution is 0.580. The highest BCUT2D eigenvalue weighted by Gasteiger charge is 2.10. The highest BCUT2D eigenvalue weighted by Crippen LogP contribution is 2.28. The van der Waals surface area contributed by atoms with E-state index in [4.69, 9.17) is 4.42 Å². The molecule has 0 unspecified atom stereocenters. The van der Waals surface area contributed by atoms with Crippen molar-refractivity contribution in [3.8, 4) is 22.7 Å². The number of pyridine rings is 1. The fourth-order valence-corrected chi connectivity index (χ4v) is 1.73. The van der Waals surface area contributed by atoms with E-state index in [0.717, 1.165) is 22.7 Å². The van der Waals surface area contributed by atoms with Gasteiger partial charge in [-0.15, -0.1) is 0 Å². The minimum absolute atomic E-state index is 0.783. The van der Waals surface area contributed by atoms with Gasteiger partial charge in [0.05, 0.1) is 6.26 Å². The molecule has 0 aliphatic carbocycles. The molecule has 0 spiro atoms. The van der Waals surface area contributed by atoms with E-state index in [0.29, 0.717) is 0 Å². The zero-order valence-corrected chi connectivity index (χ0v) is 8.55. The van der Waals surface area contributed by atoms with Crippen molar-refractivity contribution >= 4 is 0 Å². The molecule has 0 amide bonds. The monoisotopic (exact) mass is 210 g/mol. The number of furan rings is 1. The molecule has 0 aliphatic rings. The Balaban J connectivity index is 2.19. The maximum Gasteiger partial charge on any atom is 0.152 e. The second-order valence-corrected chi connectivity index (χ2v) is 3.46. The highest BCUT2D eigenvalue weighted by molar-refractivity contribution is 5.76. The largest absolute Gasteiger partial charge is 0.463 e. The summed E-state index contributed by atoms with van der Waals surface area (Å²) in [6.45, 7) is 0. The van der Waals surface area contributed by atoms with E-state index < -0.39 is 0 Å². The smallest absolute Gasteiger partial charge is 0.152 e.